The smallest absolute Gasteiger partial charge is 0.267 e. The molecule has 2 aromatic heterocycles. The molecule has 0 amide bonds. The molecule has 3 nitrogen and oxygen atoms in total. The van der Waals surface area contributed by atoms with Crippen molar-refractivity contribution in [1.29, 1.82) is 0 Å². The summed E-state index contributed by atoms with van der Waals surface area (Å²) in [7, 11) is 0. The van der Waals surface area contributed by atoms with Crippen LogP contribution in [-0.2, 0) is 0 Å². The zero-order valence-corrected chi connectivity index (χ0v) is 14.1. The topological polar surface area (TPSA) is 34.4 Å². The molecule has 0 fully saturated rings. The number of thiazole rings is 1. The summed E-state index contributed by atoms with van der Waals surface area (Å²) in [6.45, 7) is 6.28. The highest BCUT2D eigenvalue weighted by Gasteiger charge is 2.10. The van der Waals surface area contributed by atoms with Crippen LogP contribution in [0.4, 0.5) is 0 Å². The predicted molar refractivity (Wildman–Crippen MR) is 96.3 cm³/mol. The molecule has 0 spiro atoms. The number of benzene rings is 2. The fraction of sp³-hybridized carbons (Fsp3) is 0.158. The van der Waals surface area contributed by atoms with E-state index in [2.05, 4.69) is 37.9 Å². The summed E-state index contributed by atoms with van der Waals surface area (Å²) in [6, 6.07) is 12.1. The van der Waals surface area contributed by atoms with Gasteiger partial charge in [-0.15, -0.1) is 0 Å². The molecular formula is C19H16N2OS. The largest absolute Gasteiger partial charge is 0.274 e. The summed E-state index contributed by atoms with van der Waals surface area (Å²) < 4.78 is 2.44. The van der Waals surface area contributed by atoms with Gasteiger partial charge in [-0.3, -0.25) is 4.79 Å². The molecule has 0 saturated carbocycles. The van der Waals surface area contributed by atoms with Gasteiger partial charge in [0.25, 0.3) is 5.56 Å². The maximum absolute atomic E-state index is 12.8. The van der Waals surface area contributed by atoms with E-state index in [0.29, 0.717) is 0 Å². The Labute approximate surface area is 137 Å². The molecule has 4 heteroatoms. The Morgan fingerprint density at radius 2 is 1.78 bits per heavy atom. The van der Waals surface area contributed by atoms with Crippen LogP contribution < -0.4 is 10.1 Å². The van der Waals surface area contributed by atoms with Gasteiger partial charge in [0.1, 0.15) is 0 Å². The third kappa shape index (κ3) is 2.18. The summed E-state index contributed by atoms with van der Waals surface area (Å²) in [5.41, 5.74) is 6.54. The molecule has 0 aliphatic carbocycles. The molecule has 23 heavy (non-hydrogen) atoms. The summed E-state index contributed by atoms with van der Waals surface area (Å²) in [5.74, 6) is 0. The lowest BCUT2D eigenvalue weighted by Gasteiger charge is -2.05. The number of nitrogens with zero attached hydrogens (tertiary/aromatic N) is 2. The van der Waals surface area contributed by atoms with E-state index in [0.717, 1.165) is 26.1 Å². The zero-order chi connectivity index (χ0) is 16.1. The Bertz CT molecular complexity index is 1170. The Morgan fingerprint density at radius 3 is 2.61 bits per heavy atom. The van der Waals surface area contributed by atoms with Crippen LogP contribution in [-0.4, -0.2) is 9.38 Å². The minimum absolute atomic E-state index is 0.0105. The first-order valence-electron chi connectivity index (χ1n) is 7.54. The first-order valence-corrected chi connectivity index (χ1v) is 8.36. The average molecular weight is 320 g/mol. The Balaban J connectivity index is 2.01. The number of imidazole rings is 1. The maximum atomic E-state index is 12.8. The van der Waals surface area contributed by atoms with E-state index >= 15 is 0 Å². The van der Waals surface area contributed by atoms with Crippen LogP contribution in [0.5, 0.6) is 0 Å². The van der Waals surface area contributed by atoms with Crippen LogP contribution in [0.3, 0.4) is 0 Å². The van der Waals surface area contributed by atoms with Gasteiger partial charge in [0.15, 0.2) is 4.96 Å². The molecule has 0 radical (unpaired) electrons. The summed E-state index contributed by atoms with van der Waals surface area (Å²) >= 11 is 1.45. The van der Waals surface area contributed by atoms with Crippen molar-refractivity contribution in [2.45, 2.75) is 20.8 Å². The molecule has 2 aromatic carbocycles. The van der Waals surface area contributed by atoms with Gasteiger partial charge in [0.05, 0.1) is 15.6 Å². The Hall–Kier alpha value is -2.46. The lowest BCUT2D eigenvalue weighted by molar-refractivity contribution is 1.19. The van der Waals surface area contributed by atoms with E-state index in [1.165, 1.54) is 28.0 Å². The molecule has 4 aromatic rings. The molecule has 0 aliphatic heterocycles. The lowest BCUT2D eigenvalue weighted by Crippen LogP contribution is -2.22. The van der Waals surface area contributed by atoms with Crippen LogP contribution >= 0.6 is 11.3 Å². The number of hydrogen-bond acceptors (Lipinski definition) is 3. The van der Waals surface area contributed by atoms with Crippen molar-refractivity contribution in [2.75, 3.05) is 0 Å². The normalized spacial score (nSPS) is 12.6. The van der Waals surface area contributed by atoms with Gasteiger partial charge in [0.2, 0.25) is 0 Å². The predicted octanol–water partition coefficient (Wildman–Crippen LogP) is 3.38. The van der Waals surface area contributed by atoms with E-state index in [1.54, 1.807) is 4.40 Å². The van der Waals surface area contributed by atoms with Crippen molar-refractivity contribution in [2.24, 2.45) is 0 Å². The van der Waals surface area contributed by atoms with Gasteiger partial charge in [0, 0.05) is 0 Å². The summed E-state index contributed by atoms with van der Waals surface area (Å²) in [6.07, 6.45) is 1.98. The number of fused-ring (bicyclic) bond motifs is 3. The average Bonchev–Trinajstić information content (AvgIpc) is 3.02. The second-order valence-corrected chi connectivity index (χ2v) is 6.94. The minimum Gasteiger partial charge on any atom is -0.267 e. The first kappa shape index (κ1) is 14.2. The third-order valence-corrected chi connectivity index (χ3v) is 5.28. The van der Waals surface area contributed by atoms with Crippen molar-refractivity contribution in [1.82, 2.24) is 9.38 Å². The van der Waals surface area contributed by atoms with Crippen LogP contribution in [0, 0.1) is 20.8 Å². The first-order chi connectivity index (χ1) is 11.0. The molecule has 4 rings (SSSR count). The standard InChI is InChI=1S/C19H16N2OS/c1-11-8-13(3)14(9-12(11)2)10-17-18(22)21-16-7-5-4-6-15(16)20-19(21)23-17/h4-10H,1-3H3/b17-10-. The molecule has 0 aliphatic rings. The van der Waals surface area contributed by atoms with E-state index < -0.39 is 0 Å². The number of aromatic nitrogens is 2. The van der Waals surface area contributed by atoms with Crippen molar-refractivity contribution >= 4 is 33.4 Å². The fourth-order valence-corrected chi connectivity index (χ4v) is 3.87. The highest BCUT2D eigenvalue weighted by Crippen LogP contribution is 2.18. The van der Waals surface area contributed by atoms with Gasteiger partial charge in [-0.1, -0.05) is 35.6 Å². The summed E-state index contributed by atoms with van der Waals surface area (Å²) in [4.78, 5) is 18.1. The van der Waals surface area contributed by atoms with Crippen LogP contribution in [0.25, 0.3) is 22.1 Å². The van der Waals surface area contributed by atoms with Gasteiger partial charge in [-0.25, -0.2) is 9.38 Å². The second-order valence-electron chi connectivity index (χ2n) is 5.93. The number of para-hydroxylation sites is 2. The number of rotatable bonds is 1. The Morgan fingerprint density at radius 1 is 1.04 bits per heavy atom. The zero-order valence-electron chi connectivity index (χ0n) is 13.3. The number of aryl methyl sites for hydroxylation is 3. The van der Waals surface area contributed by atoms with E-state index in [1.807, 2.05) is 30.3 Å². The van der Waals surface area contributed by atoms with Crippen LogP contribution in [0.1, 0.15) is 22.3 Å². The molecule has 0 N–H and O–H groups in total. The van der Waals surface area contributed by atoms with E-state index in [4.69, 9.17) is 0 Å². The molecule has 0 unspecified atom stereocenters. The molecular weight excluding hydrogens is 304 g/mol. The molecule has 2 heterocycles. The van der Waals surface area contributed by atoms with Crippen molar-refractivity contribution in [3.05, 3.63) is 73.5 Å². The highest BCUT2D eigenvalue weighted by molar-refractivity contribution is 7.15. The van der Waals surface area contributed by atoms with Gasteiger partial charge < -0.3 is 0 Å². The minimum atomic E-state index is 0.0105. The van der Waals surface area contributed by atoms with Gasteiger partial charge >= 0.3 is 0 Å². The Kier molecular flexibility index (Phi) is 3.10. The van der Waals surface area contributed by atoms with Gasteiger partial charge in [-0.05, 0) is 61.2 Å². The molecule has 0 saturated heterocycles. The van der Waals surface area contributed by atoms with Crippen molar-refractivity contribution in [3.8, 4) is 0 Å². The fourth-order valence-electron chi connectivity index (χ4n) is 2.89. The van der Waals surface area contributed by atoms with Crippen molar-refractivity contribution in [3.63, 3.8) is 0 Å². The molecule has 114 valence electrons. The highest BCUT2D eigenvalue weighted by atomic mass is 32.1. The summed E-state index contributed by atoms with van der Waals surface area (Å²) in [5, 5.41) is 0. The maximum Gasteiger partial charge on any atom is 0.274 e. The van der Waals surface area contributed by atoms with Crippen LogP contribution in [0.15, 0.2) is 41.2 Å². The lowest BCUT2D eigenvalue weighted by atomic mass is 10.0. The van der Waals surface area contributed by atoms with Crippen LogP contribution in [0.2, 0.25) is 0 Å². The molecule has 0 bridgehead atoms. The second kappa shape index (κ2) is 5.03. The third-order valence-electron chi connectivity index (χ3n) is 4.31. The monoisotopic (exact) mass is 320 g/mol. The van der Waals surface area contributed by atoms with E-state index in [9.17, 15) is 4.79 Å². The van der Waals surface area contributed by atoms with Crippen molar-refractivity contribution < 1.29 is 0 Å². The van der Waals surface area contributed by atoms with E-state index in [-0.39, 0.29) is 5.56 Å². The quantitative estimate of drug-likeness (QED) is 0.539. The molecule has 0 atom stereocenters. The number of hydrogen-bond donors (Lipinski definition) is 0. The SMILES string of the molecule is Cc1cc(C)c(/C=c2\sc3nc4ccccc4n3c2=O)cc1C. The van der Waals surface area contributed by atoms with Gasteiger partial charge in [-0.2, -0.15) is 0 Å².